The quantitative estimate of drug-likeness (QED) is 0.0889. The lowest BCUT2D eigenvalue weighted by Gasteiger charge is -2.59. The fraction of sp³-hybridized carbons (Fsp3) is 0.758. The van der Waals surface area contributed by atoms with Crippen molar-refractivity contribution in [3.8, 4) is 0 Å². The Kier molecular flexibility index (Phi) is 10.6. The first kappa shape index (κ1) is 35.9. The van der Waals surface area contributed by atoms with Gasteiger partial charge in [-0.3, -0.25) is 14.4 Å². The number of fused-ring (bicyclic) bond motifs is 7. The van der Waals surface area contributed by atoms with Crippen LogP contribution in [0.15, 0.2) is 23.8 Å². The van der Waals surface area contributed by atoms with E-state index in [4.69, 9.17) is 29.4 Å². The number of aliphatic hydroxyl groups is 1. The Hall–Kier alpha value is -3.40. The van der Waals surface area contributed by atoms with Gasteiger partial charge in [0.25, 0.3) is 5.09 Å². The number of esters is 1. The molecule has 0 bridgehead atoms. The Balaban J connectivity index is 1.22. The Morgan fingerprint density at radius 3 is 2.67 bits per heavy atom. The molecule has 0 aromatic heterocycles. The zero-order chi connectivity index (χ0) is 34.9. The van der Waals surface area contributed by atoms with Gasteiger partial charge in [0.15, 0.2) is 24.3 Å². The zero-order valence-electron chi connectivity index (χ0n) is 27.6. The average Bonchev–Trinajstić information content (AvgIpc) is 3.52. The first-order valence-corrected chi connectivity index (χ1v) is 16.7. The monoisotopic (exact) mass is 678 g/mol. The molecule has 0 aromatic carbocycles. The van der Waals surface area contributed by atoms with Crippen molar-refractivity contribution in [3.05, 3.63) is 33.9 Å². The molecule has 15 nitrogen and oxygen atoms in total. The molecule has 15 heteroatoms. The molecular weight excluding hydrogens is 632 g/mol. The van der Waals surface area contributed by atoms with E-state index in [-0.39, 0.29) is 49.6 Å². The van der Waals surface area contributed by atoms with Crippen LogP contribution in [0.1, 0.15) is 72.1 Å². The fourth-order valence-corrected chi connectivity index (χ4v) is 9.04. The minimum absolute atomic E-state index is 0.000965. The number of carbonyl (C=O) groups is 4. The molecule has 0 radical (unpaired) electrons. The topological polar surface area (TPSA) is 213 Å². The Bertz CT molecular complexity index is 1350. The van der Waals surface area contributed by atoms with Crippen molar-refractivity contribution in [1.29, 1.82) is 0 Å². The molecule has 0 aromatic rings. The first-order valence-electron chi connectivity index (χ1n) is 16.7. The van der Waals surface area contributed by atoms with Gasteiger partial charge < -0.3 is 39.4 Å². The van der Waals surface area contributed by atoms with E-state index in [0.29, 0.717) is 32.1 Å². The summed E-state index contributed by atoms with van der Waals surface area (Å²) in [5.74, 6) is -1.50. The second kappa shape index (κ2) is 14.2. The summed E-state index contributed by atoms with van der Waals surface area (Å²) in [6.07, 6.45) is 6.12. The van der Waals surface area contributed by atoms with Crippen molar-refractivity contribution in [2.75, 3.05) is 26.4 Å². The third kappa shape index (κ3) is 6.49. The van der Waals surface area contributed by atoms with Crippen LogP contribution in [0.3, 0.4) is 0 Å². The number of ketones is 2. The van der Waals surface area contributed by atoms with Crippen LogP contribution in [0.2, 0.25) is 0 Å². The van der Waals surface area contributed by atoms with Gasteiger partial charge in [-0.05, 0) is 56.4 Å². The lowest BCUT2D eigenvalue weighted by Crippen LogP contribution is -2.63. The van der Waals surface area contributed by atoms with Gasteiger partial charge >= 0.3 is 12.1 Å². The molecule has 10 atom stereocenters. The van der Waals surface area contributed by atoms with E-state index < -0.39 is 77.2 Å². The maximum atomic E-state index is 14.2. The Labute approximate surface area is 278 Å². The SMILES string of the molecule is CCCC1O[C@@H]2C[C@H]3[C@@H]4CC=C5CC(=O)C=C[C@]5(C)[C@H]4[C@@H](O)C[C@]3(C)[C@]2(C(=O)COC(=O)OCC(N)C(=O)OCCCCO[N+](=O)[O-])O1. The number of nitrogens with zero attached hydrogens (tertiary/aromatic N) is 1. The fourth-order valence-electron chi connectivity index (χ4n) is 9.04. The Morgan fingerprint density at radius 2 is 1.94 bits per heavy atom. The number of unbranched alkanes of at least 4 members (excludes halogenated alkanes) is 1. The highest BCUT2D eigenvalue weighted by molar-refractivity contribution is 5.94. The molecule has 5 rings (SSSR count). The van der Waals surface area contributed by atoms with E-state index >= 15 is 0 Å². The van der Waals surface area contributed by atoms with E-state index in [9.17, 15) is 34.4 Å². The van der Waals surface area contributed by atoms with Gasteiger partial charge in [-0.15, -0.1) is 10.1 Å². The summed E-state index contributed by atoms with van der Waals surface area (Å²) in [7, 11) is 0. The molecule has 1 heterocycles. The van der Waals surface area contributed by atoms with Crippen LogP contribution in [0.25, 0.3) is 0 Å². The van der Waals surface area contributed by atoms with Crippen molar-refractivity contribution in [3.63, 3.8) is 0 Å². The van der Waals surface area contributed by atoms with Crippen LogP contribution in [-0.4, -0.2) is 90.5 Å². The number of allylic oxidation sites excluding steroid dienone is 4. The predicted molar refractivity (Wildman–Crippen MR) is 164 cm³/mol. The Morgan fingerprint density at radius 1 is 1.19 bits per heavy atom. The molecule has 4 aliphatic carbocycles. The summed E-state index contributed by atoms with van der Waals surface area (Å²) < 4.78 is 28.1. The van der Waals surface area contributed by atoms with E-state index in [1.165, 1.54) is 0 Å². The molecule has 5 aliphatic rings. The van der Waals surface area contributed by atoms with Crippen molar-refractivity contribution < 1.29 is 57.9 Å². The highest BCUT2D eigenvalue weighted by Gasteiger charge is 2.75. The normalized spacial score (nSPS) is 36.9. The summed E-state index contributed by atoms with van der Waals surface area (Å²) in [6.45, 7) is 4.59. The van der Waals surface area contributed by atoms with Gasteiger partial charge in [-0.2, -0.15) is 0 Å². The molecule has 0 amide bonds. The minimum atomic E-state index is -1.47. The molecule has 1 aliphatic heterocycles. The first-order chi connectivity index (χ1) is 22.8. The predicted octanol–water partition coefficient (Wildman–Crippen LogP) is 2.74. The maximum Gasteiger partial charge on any atom is 0.508 e. The van der Waals surface area contributed by atoms with E-state index in [0.717, 1.165) is 12.0 Å². The molecule has 0 spiro atoms. The van der Waals surface area contributed by atoms with Crippen LogP contribution >= 0.6 is 0 Å². The molecule has 3 fully saturated rings. The number of carbonyl (C=O) groups excluding carboxylic acids is 4. The molecule has 3 N–H and O–H groups in total. The number of rotatable bonds is 14. The number of hydrogen-bond donors (Lipinski definition) is 2. The summed E-state index contributed by atoms with van der Waals surface area (Å²) in [5, 5.41) is 21.1. The largest absolute Gasteiger partial charge is 0.508 e. The number of ether oxygens (including phenoxy) is 5. The van der Waals surface area contributed by atoms with Crippen LogP contribution in [0.4, 0.5) is 4.79 Å². The zero-order valence-corrected chi connectivity index (χ0v) is 27.6. The number of Topliss-reactive ketones (excluding diaryl/α,β-unsaturated/α-hetero) is 1. The highest BCUT2D eigenvalue weighted by Crippen LogP contribution is 2.69. The molecule has 1 saturated heterocycles. The second-order valence-electron chi connectivity index (χ2n) is 14.0. The van der Waals surface area contributed by atoms with Crippen LogP contribution in [0.5, 0.6) is 0 Å². The van der Waals surface area contributed by atoms with Crippen molar-refractivity contribution in [2.24, 2.45) is 34.3 Å². The maximum absolute atomic E-state index is 14.2. The number of aliphatic hydroxyl groups excluding tert-OH is 1. The second-order valence-corrected chi connectivity index (χ2v) is 14.0. The average molecular weight is 679 g/mol. The summed E-state index contributed by atoms with van der Waals surface area (Å²) in [4.78, 5) is 65.4. The molecular formula is C33H46N2O13. The third-order valence-electron chi connectivity index (χ3n) is 11.2. The number of nitrogens with two attached hydrogens (primary N) is 1. The van der Waals surface area contributed by atoms with Crippen molar-refractivity contribution >= 4 is 23.7 Å². The van der Waals surface area contributed by atoms with Crippen molar-refractivity contribution in [2.45, 2.75) is 102 Å². The lowest BCUT2D eigenvalue weighted by molar-refractivity contribution is -0.757. The van der Waals surface area contributed by atoms with Crippen LogP contribution in [0, 0.1) is 38.7 Å². The minimum Gasteiger partial charge on any atom is -0.464 e. The van der Waals surface area contributed by atoms with Crippen LogP contribution < -0.4 is 5.73 Å². The van der Waals surface area contributed by atoms with Gasteiger partial charge in [0, 0.05) is 23.2 Å². The van der Waals surface area contributed by atoms with Gasteiger partial charge in [0.2, 0.25) is 5.78 Å². The van der Waals surface area contributed by atoms with Crippen LogP contribution in [-0.2, 0) is 42.9 Å². The molecule has 266 valence electrons. The highest BCUT2D eigenvalue weighted by atomic mass is 16.9. The van der Waals surface area contributed by atoms with Crippen molar-refractivity contribution in [1.82, 2.24) is 0 Å². The standard InChI is InChI=1S/C33H46N2O13/c1-4-7-27-47-26-15-22-21-9-8-19-14-20(36)10-11-31(19,2)28(21)24(37)16-32(22,3)33(26,48-27)25(38)18-45-30(40)44-17-23(34)29(39)43-12-5-6-13-46-35(41)42/h8,10-11,21-24,26-28,37H,4-7,9,12-18,34H2,1-3H3/t21-,22-,23?,24-,26+,27?,28+,31-,32-,33+/m0/s1. The van der Waals surface area contributed by atoms with E-state index in [2.05, 4.69) is 17.8 Å². The molecule has 2 unspecified atom stereocenters. The third-order valence-corrected chi connectivity index (χ3v) is 11.2. The van der Waals surface area contributed by atoms with E-state index in [1.807, 2.05) is 19.9 Å². The van der Waals surface area contributed by atoms with Gasteiger partial charge in [-0.1, -0.05) is 44.9 Å². The lowest BCUT2D eigenvalue weighted by atomic mass is 9.47. The van der Waals surface area contributed by atoms with Gasteiger partial charge in [0.05, 0.1) is 25.4 Å². The molecule has 48 heavy (non-hydrogen) atoms. The summed E-state index contributed by atoms with van der Waals surface area (Å²) in [6, 6.07) is -1.32. The van der Waals surface area contributed by atoms with Gasteiger partial charge in [-0.25, -0.2) is 4.79 Å². The summed E-state index contributed by atoms with van der Waals surface area (Å²) in [5.41, 5.74) is 3.98. The number of hydrogen-bond acceptors (Lipinski definition) is 14. The van der Waals surface area contributed by atoms with Gasteiger partial charge in [0.1, 0.15) is 12.6 Å². The summed E-state index contributed by atoms with van der Waals surface area (Å²) >= 11 is 0. The molecule has 2 saturated carbocycles. The van der Waals surface area contributed by atoms with E-state index in [1.54, 1.807) is 6.08 Å². The smallest absolute Gasteiger partial charge is 0.464 e.